The smallest absolute Gasteiger partial charge is 0.291 e. The number of hydrogen-bond donors (Lipinski definition) is 0. The van der Waals surface area contributed by atoms with E-state index in [0.29, 0.717) is 11.9 Å². The third-order valence-electron chi connectivity index (χ3n) is 4.28. The number of hydrogen-bond acceptors (Lipinski definition) is 3. The normalized spacial score (nSPS) is 16.0. The fourth-order valence-corrected chi connectivity index (χ4v) is 3.04. The Balaban J connectivity index is 1.88. The minimum atomic E-state index is -0.203. The van der Waals surface area contributed by atoms with Gasteiger partial charge in [-0.05, 0) is 25.0 Å². The van der Waals surface area contributed by atoms with E-state index in [9.17, 15) is 9.59 Å². The second kappa shape index (κ2) is 6.34. The number of rotatable bonds is 3. The van der Waals surface area contributed by atoms with Crippen LogP contribution in [0.15, 0.2) is 23.1 Å². The van der Waals surface area contributed by atoms with Crippen molar-refractivity contribution in [1.82, 2.24) is 19.1 Å². The molecular formula is C16H22N4O2. The van der Waals surface area contributed by atoms with Gasteiger partial charge in [-0.2, -0.15) is 5.10 Å². The highest BCUT2D eigenvalue weighted by atomic mass is 16.2. The first-order valence-electron chi connectivity index (χ1n) is 8.05. The molecule has 6 heteroatoms. The molecular weight excluding hydrogens is 280 g/mol. The molecule has 3 rings (SSSR count). The Morgan fingerprint density at radius 3 is 2.64 bits per heavy atom. The summed E-state index contributed by atoms with van der Waals surface area (Å²) in [4.78, 5) is 26.8. The number of aromatic nitrogens is 3. The van der Waals surface area contributed by atoms with Crippen LogP contribution in [0.1, 0.15) is 38.4 Å². The van der Waals surface area contributed by atoms with E-state index in [1.54, 1.807) is 10.5 Å². The van der Waals surface area contributed by atoms with E-state index in [-0.39, 0.29) is 18.0 Å². The van der Waals surface area contributed by atoms with Crippen LogP contribution >= 0.6 is 0 Å². The molecule has 0 aliphatic carbocycles. The van der Waals surface area contributed by atoms with E-state index in [1.807, 2.05) is 24.1 Å². The summed E-state index contributed by atoms with van der Waals surface area (Å²) in [5, 5.41) is 4.37. The van der Waals surface area contributed by atoms with Gasteiger partial charge in [-0.1, -0.05) is 19.8 Å². The van der Waals surface area contributed by atoms with Crippen molar-refractivity contribution in [3.63, 3.8) is 0 Å². The van der Waals surface area contributed by atoms with Crippen molar-refractivity contribution >= 4 is 11.4 Å². The van der Waals surface area contributed by atoms with Gasteiger partial charge in [0.25, 0.3) is 5.56 Å². The van der Waals surface area contributed by atoms with Crippen LogP contribution in [-0.2, 0) is 17.8 Å². The second-order valence-electron chi connectivity index (χ2n) is 5.79. The number of aryl methyl sites for hydroxylation is 1. The first-order valence-corrected chi connectivity index (χ1v) is 8.05. The van der Waals surface area contributed by atoms with E-state index in [2.05, 4.69) is 5.10 Å². The fourth-order valence-electron chi connectivity index (χ4n) is 3.04. The van der Waals surface area contributed by atoms with Crippen LogP contribution in [0.4, 0.5) is 0 Å². The maximum absolute atomic E-state index is 12.5. The molecule has 0 aromatic carbocycles. The molecule has 1 saturated heterocycles. The molecule has 118 valence electrons. The zero-order valence-electron chi connectivity index (χ0n) is 13.0. The van der Waals surface area contributed by atoms with Gasteiger partial charge in [0.1, 0.15) is 17.9 Å². The van der Waals surface area contributed by atoms with E-state index in [0.717, 1.165) is 31.8 Å². The zero-order valence-corrected chi connectivity index (χ0v) is 13.0. The van der Waals surface area contributed by atoms with Crippen LogP contribution in [0.5, 0.6) is 0 Å². The van der Waals surface area contributed by atoms with Crippen molar-refractivity contribution in [3.05, 3.63) is 34.5 Å². The van der Waals surface area contributed by atoms with Gasteiger partial charge in [0.15, 0.2) is 0 Å². The number of amides is 1. The molecule has 1 aliphatic rings. The van der Waals surface area contributed by atoms with E-state index in [4.69, 9.17) is 0 Å². The predicted octanol–water partition coefficient (Wildman–Crippen LogP) is 1.46. The van der Waals surface area contributed by atoms with Gasteiger partial charge in [-0.15, -0.1) is 0 Å². The molecule has 6 nitrogen and oxygen atoms in total. The Morgan fingerprint density at radius 1 is 1.23 bits per heavy atom. The maximum Gasteiger partial charge on any atom is 0.291 e. The largest absolute Gasteiger partial charge is 0.341 e. The van der Waals surface area contributed by atoms with Gasteiger partial charge in [0.05, 0.1) is 0 Å². The summed E-state index contributed by atoms with van der Waals surface area (Å²) in [6, 6.07) is 3.61. The summed E-state index contributed by atoms with van der Waals surface area (Å²) >= 11 is 0. The number of carbonyl (C=O) groups excluding carboxylic acids is 1. The summed E-state index contributed by atoms with van der Waals surface area (Å²) in [6.07, 6.45) is 7.00. The van der Waals surface area contributed by atoms with Crippen LogP contribution in [0.3, 0.4) is 0 Å². The average Bonchev–Trinajstić information content (AvgIpc) is 2.85. The molecule has 0 N–H and O–H groups in total. The number of carbonyl (C=O) groups is 1. The van der Waals surface area contributed by atoms with Gasteiger partial charge in [0, 0.05) is 25.7 Å². The monoisotopic (exact) mass is 302 g/mol. The molecule has 0 bridgehead atoms. The van der Waals surface area contributed by atoms with Gasteiger partial charge < -0.3 is 4.90 Å². The van der Waals surface area contributed by atoms with Crippen molar-refractivity contribution in [3.8, 4) is 0 Å². The Morgan fingerprint density at radius 2 is 1.95 bits per heavy atom. The average molecular weight is 302 g/mol. The summed E-state index contributed by atoms with van der Waals surface area (Å²) in [5.41, 5.74) is 0.376. The Labute approximate surface area is 129 Å². The summed E-state index contributed by atoms with van der Waals surface area (Å²) < 4.78 is 3.12. The topological polar surface area (TPSA) is 59.6 Å². The molecule has 1 aliphatic heterocycles. The Bertz CT molecular complexity index is 723. The quantitative estimate of drug-likeness (QED) is 0.862. The lowest BCUT2D eigenvalue weighted by atomic mass is 10.2. The number of fused-ring (bicyclic) bond motifs is 1. The Kier molecular flexibility index (Phi) is 4.27. The van der Waals surface area contributed by atoms with Crippen LogP contribution in [0.2, 0.25) is 0 Å². The maximum atomic E-state index is 12.5. The third kappa shape index (κ3) is 2.77. The van der Waals surface area contributed by atoms with Crippen molar-refractivity contribution in [2.24, 2.45) is 0 Å². The molecule has 2 aromatic rings. The number of likely N-dealkylation sites (tertiary alicyclic amines) is 1. The molecule has 2 aromatic heterocycles. The molecule has 0 unspecified atom stereocenters. The lowest BCUT2D eigenvalue weighted by Gasteiger charge is -2.20. The van der Waals surface area contributed by atoms with Crippen LogP contribution in [-0.4, -0.2) is 38.1 Å². The van der Waals surface area contributed by atoms with Crippen molar-refractivity contribution < 1.29 is 4.79 Å². The highest BCUT2D eigenvalue weighted by Crippen LogP contribution is 2.10. The third-order valence-corrected chi connectivity index (χ3v) is 4.28. The molecule has 0 spiro atoms. The van der Waals surface area contributed by atoms with Crippen molar-refractivity contribution in [1.29, 1.82) is 0 Å². The molecule has 0 atom stereocenters. The molecule has 0 radical (unpaired) electrons. The minimum absolute atomic E-state index is 0.00513. The highest BCUT2D eigenvalue weighted by molar-refractivity contribution is 5.76. The van der Waals surface area contributed by atoms with E-state index < -0.39 is 0 Å². The van der Waals surface area contributed by atoms with Crippen molar-refractivity contribution in [2.75, 3.05) is 13.1 Å². The molecule has 1 amide bonds. The zero-order chi connectivity index (χ0) is 15.5. The summed E-state index contributed by atoms with van der Waals surface area (Å²) in [6.45, 7) is 3.61. The van der Waals surface area contributed by atoms with Gasteiger partial charge in [-0.3, -0.25) is 14.0 Å². The highest BCUT2D eigenvalue weighted by Gasteiger charge is 2.18. The Hall–Kier alpha value is -2.11. The van der Waals surface area contributed by atoms with Crippen LogP contribution < -0.4 is 5.56 Å². The number of nitrogens with zero attached hydrogens (tertiary/aromatic N) is 4. The summed E-state index contributed by atoms with van der Waals surface area (Å²) in [5.74, 6) is 0.790. The van der Waals surface area contributed by atoms with Crippen LogP contribution in [0, 0.1) is 0 Å². The fraction of sp³-hybridized carbons (Fsp3) is 0.562. The van der Waals surface area contributed by atoms with Gasteiger partial charge in [-0.25, -0.2) is 4.68 Å². The molecule has 3 heterocycles. The van der Waals surface area contributed by atoms with Crippen LogP contribution in [0.25, 0.3) is 5.52 Å². The molecule has 0 saturated carbocycles. The van der Waals surface area contributed by atoms with E-state index in [1.165, 1.54) is 17.5 Å². The second-order valence-corrected chi connectivity index (χ2v) is 5.79. The SMILES string of the molecule is CCc1nn(CC(=O)N2CCCCCC2)c(=O)c2cccn12. The first-order chi connectivity index (χ1) is 10.7. The van der Waals surface area contributed by atoms with Crippen molar-refractivity contribution in [2.45, 2.75) is 45.6 Å². The summed E-state index contributed by atoms with van der Waals surface area (Å²) in [7, 11) is 0. The molecule has 22 heavy (non-hydrogen) atoms. The minimum Gasteiger partial charge on any atom is -0.341 e. The standard InChI is InChI=1S/C16H22N4O2/c1-2-14-17-20(16(22)13-8-7-11-19(13)14)12-15(21)18-9-5-3-4-6-10-18/h7-8,11H,2-6,9-10,12H2,1H3. The van der Waals surface area contributed by atoms with E-state index >= 15 is 0 Å². The lowest BCUT2D eigenvalue weighted by molar-refractivity contribution is -0.132. The molecule has 1 fully saturated rings. The predicted molar refractivity (Wildman–Crippen MR) is 83.9 cm³/mol. The first kappa shape index (κ1) is 14.8. The van der Waals surface area contributed by atoms with Gasteiger partial charge >= 0.3 is 0 Å². The van der Waals surface area contributed by atoms with Gasteiger partial charge in [0.2, 0.25) is 5.91 Å². The lowest BCUT2D eigenvalue weighted by Crippen LogP contribution is -2.38.